The summed E-state index contributed by atoms with van der Waals surface area (Å²) in [5.41, 5.74) is 1.78. The van der Waals surface area contributed by atoms with Gasteiger partial charge in [0, 0.05) is 18.0 Å². The highest BCUT2D eigenvalue weighted by molar-refractivity contribution is 7.07. The smallest absolute Gasteiger partial charge is 0.229 e. The summed E-state index contributed by atoms with van der Waals surface area (Å²) in [6, 6.07) is 9.63. The Kier molecular flexibility index (Phi) is 3.01. The molecule has 0 saturated heterocycles. The van der Waals surface area contributed by atoms with E-state index in [-0.39, 0.29) is 5.91 Å². The normalized spacial score (nSPS) is 11.8. The highest BCUT2D eigenvalue weighted by Crippen LogP contribution is 2.09. The number of rotatable bonds is 1. The molecule has 0 saturated carbocycles. The molecule has 82 valence electrons. The summed E-state index contributed by atoms with van der Waals surface area (Å²) >= 11 is 1.47. The zero-order valence-corrected chi connectivity index (χ0v) is 9.99. The van der Waals surface area contributed by atoms with E-state index in [1.807, 2.05) is 42.6 Å². The third-order valence-electron chi connectivity index (χ3n) is 2.17. The molecule has 1 aromatic carbocycles. The van der Waals surface area contributed by atoms with Crippen LogP contribution >= 0.6 is 11.3 Å². The molecule has 3 nitrogen and oxygen atoms in total. The van der Waals surface area contributed by atoms with E-state index in [1.54, 1.807) is 11.5 Å². The quantitative estimate of drug-likeness (QED) is 0.744. The number of benzene rings is 1. The van der Waals surface area contributed by atoms with Crippen LogP contribution in [0.3, 0.4) is 0 Å². The second-order valence-corrected chi connectivity index (χ2v) is 4.30. The van der Waals surface area contributed by atoms with Crippen LogP contribution in [-0.4, -0.2) is 10.5 Å². The van der Waals surface area contributed by atoms with Gasteiger partial charge in [0.2, 0.25) is 5.91 Å². The molecule has 2 aromatic rings. The van der Waals surface area contributed by atoms with Crippen LogP contribution in [0, 0.1) is 6.92 Å². The molecule has 0 spiro atoms. The molecule has 0 amide bonds. The van der Waals surface area contributed by atoms with Crippen LogP contribution in [0.2, 0.25) is 0 Å². The van der Waals surface area contributed by atoms with Crippen LogP contribution in [0.4, 0.5) is 5.69 Å². The fourth-order valence-electron chi connectivity index (χ4n) is 1.47. The third kappa shape index (κ3) is 2.12. The van der Waals surface area contributed by atoms with E-state index in [0.717, 1.165) is 16.2 Å². The van der Waals surface area contributed by atoms with Gasteiger partial charge >= 0.3 is 0 Å². The minimum absolute atomic E-state index is 0.00608. The predicted octanol–water partition coefficient (Wildman–Crippen LogP) is 2.75. The van der Waals surface area contributed by atoms with Crippen molar-refractivity contribution in [2.24, 2.45) is 4.99 Å². The lowest BCUT2D eigenvalue weighted by atomic mass is 10.3. The minimum Gasteiger partial charge on any atom is -0.274 e. The number of nitrogens with zero attached hydrogens (tertiary/aromatic N) is 2. The first-order chi connectivity index (χ1) is 7.68. The van der Waals surface area contributed by atoms with Crippen molar-refractivity contribution in [3.05, 3.63) is 46.2 Å². The van der Waals surface area contributed by atoms with Crippen LogP contribution in [0.25, 0.3) is 0 Å². The average molecular weight is 232 g/mol. The molecule has 0 atom stereocenters. The van der Waals surface area contributed by atoms with Gasteiger partial charge in [-0.05, 0) is 19.1 Å². The Bertz CT molecular complexity index is 566. The molecule has 4 heteroatoms. The molecule has 0 radical (unpaired) electrons. The first kappa shape index (κ1) is 10.8. The summed E-state index contributed by atoms with van der Waals surface area (Å²) in [7, 11) is 0. The van der Waals surface area contributed by atoms with E-state index in [4.69, 9.17) is 0 Å². The first-order valence-electron chi connectivity index (χ1n) is 4.96. The molecular weight excluding hydrogens is 220 g/mol. The second-order valence-electron chi connectivity index (χ2n) is 3.46. The summed E-state index contributed by atoms with van der Waals surface area (Å²) in [6.45, 7) is 3.45. The lowest BCUT2D eigenvalue weighted by molar-refractivity contribution is 0.0931. The maximum Gasteiger partial charge on any atom is 0.229 e. The second kappa shape index (κ2) is 4.45. The van der Waals surface area contributed by atoms with Crippen molar-refractivity contribution in [1.82, 2.24) is 4.57 Å². The zero-order valence-electron chi connectivity index (χ0n) is 9.18. The van der Waals surface area contributed by atoms with Gasteiger partial charge in [0.05, 0.1) is 5.69 Å². The Morgan fingerprint density at radius 1 is 1.31 bits per heavy atom. The standard InChI is InChI=1S/C12H12N2OS/c1-9-8-16-12(14(9)10(2)15)13-11-6-4-3-5-7-11/h3-8H,1-2H3. The van der Waals surface area contributed by atoms with Crippen molar-refractivity contribution in [1.29, 1.82) is 0 Å². The third-order valence-corrected chi connectivity index (χ3v) is 3.12. The molecule has 0 aliphatic carbocycles. The summed E-state index contributed by atoms with van der Waals surface area (Å²) < 4.78 is 1.62. The first-order valence-corrected chi connectivity index (χ1v) is 5.84. The summed E-state index contributed by atoms with van der Waals surface area (Å²) in [5, 5.41) is 1.93. The minimum atomic E-state index is -0.00608. The predicted molar refractivity (Wildman–Crippen MR) is 65.0 cm³/mol. The lowest BCUT2D eigenvalue weighted by Gasteiger charge is -1.98. The fourth-order valence-corrected chi connectivity index (χ4v) is 2.38. The fraction of sp³-hybridized carbons (Fsp3) is 0.167. The Morgan fingerprint density at radius 3 is 2.62 bits per heavy atom. The van der Waals surface area contributed by atoms with E-state index < -0.39 is 0 Å². The van der Waals surface area contributed by atoms with Crippen molar-refractivity contribution in [2.75, 3.05) is 0 Å². The van der Waals surface area contributed by atoms with Crippen molar-refractivity contribution in [3.8, 4) is 0 Å². The lowest BCUT2D eigenvalue weighted by Crippen LogP contribution is -2.21. The number of aryl methyl sites for hydroxylation is 1. The monoisotopic (exact) mass is 232 g/mol. The largest absolute Gasteiger partial charge is 0.274 e. The van der Waals surface area contributed by atoms with Gasteiger partial charge in [-0.1, -0.05) is 18.2 Å². The van der Waals surface area contributed by atoms with Crippen molar-refractivity contribution >= 4 is 22.9 Å². The van der Waals surface area contributed by atoms with Crippen molar-refractivity contribution in [3.63, 3.8) is 0 Å². The highest BCUT2D eigenvalue weighted by atomic mass is 32.1. The maximum absolute atomic E-state index is 11.4. The highest BCUT2D eigenvalue weighted by Gasteiger charge is 2.04. The summed E-state index contributed by atoms with van der Waals surface area (Å²) in [4.78, 5) is 16.6. The van der Waals surface area contributed by atoms with Gasteiger partial charge in [0.1, 0.15) is 0 Å². The Hall–Kier alpha value is -1.68. The summed E-state index contributed by atoms with van der Waals surface area (Å²) in [6.07, 6.45) is 0. The van der Waals surface area contributed by atoms with Crippen LogP contribution in [0.5, 0.6) is 0 Å². The molecule has 0 aliphatic rings. The SMILES string of the molecule is CC(=O)n1c(C)csc1=Nc1ccccc1. The zero-order chi connectivity index (χ0) is 11.5. The number of carbonyl (C=O) groups excluding carboxylic acids is 1. The molecule has 0 fully saturated rings. The van der Waals surface area contributed by atoms with Crippen LogP contribution in [0.1, 0.15) is 17.4 Å². The molecule has 1 heterocycles. The van der Waals surface area contributed by atoms with E-state index in [9.17, 15) is 4.79 Å². The van der Waals surface area contributed by atoms with Crippen LogP contribution in [0.15, 0.2) is 40.7 Å². The number of thiazole rings is 1. The van der Waals surface area contributed by atoms with Gasteiger partial charge < -0.3 is 0 Å². The van der Waals surface area contributed by atoms with E-state index in [0.29, 0.717) is 0 Å². The maximum atomic E-state index is 11.4. The van der Waals surface area contributed by atoms with Gasteiger partial charge in [0.25, 0.3) is 0 Å². The number of aromatic nitrogens is 1. The molecule has 2 rings (SSSR count). The average Bonchev–Trinajstić information content (AvgIpc) is 2.61. The van der Waals surface area contributed by atoms with Crippen LogP contribution in [-0.2, 0) is 0 Å². The van der Waals surface area contributed by atoms with Gasteiger partial charge in [0.15, 0.2) is 4.80 Å². The van der Waals surface area contributed by atoms with E-state index in [1.165, 1.54) is 11.3 Å². The molecule has 16 heavy (non-hydrogen) atoms. The van der Waals surface area contributed by atoms with Crippen LogP contribution < -0.4 is 4.80 Å². The number of hydrogen-bond donors (Lipinski definition) is 0. The summed E-state index contributed by atoms with van der Waals surface area (Å²) in [5.74, 6) is -0.00608. The molecule has 0 unspecified atom stereocenters. The van der Waals surface area contributed by atoms with E-state index in [2.05, 4.69) is 4.99 Å². The van der Waals surface area contributed by atoms with Gasteiger partial charge in [-0.25, -0.2) is 4.99 Å². The molecule has 0 aliphatic heterocycles. The van der Waals surface area contributed by atoms with Gasteiger partial charge in [-0.2, -0.15) is 0 Å². The van der Waals surface area contributed by atoms with Crippen molar-refractivity contribution in [2.45, 2.75) is 13.8 Å². The van der Waals surface area contributed by atoms with Crippen molar-refractivity contribution < 1.29 is 4.79 Å². The Morgan fingerprint density at radius 2 is 2.00 bits per heavy atom. The topological polar surface area (TPSA) is 34.4 Å². The number of para-hydroxylation sites is 1. The Labute approximate surface area is 97.7 Å². The van der Waals surface area contributed by atoms with Gasteiger partial charge in [-0.15, -0.1) is 11.3 Å². The van der Waals surface area contributed by atoms with E-state index >= 15 is 0 Å². The number of hydrogen-bond acceptors (Lipinski definition) is 3. The molecule has 0 bridgehead atoms. The molecule has 1 aromatic heterocycles. The number of carbonyl (C=O) groups is 1. The Balaban J connectivity index is 2.57. The van der Waals surface area contributed by atoms with Gasteiger partial charge in [-0.3, -0.25) is 9.36 Å². The molecule has 0 N–H and O–H groups in total. The molecular formula is C12H12N2OS.